The molecule has 0 aliphatic heterocycles. The van der Waals surface area contributed by atoms with Crippen LogP contribution in [0.25, 0.3) is 0 Å². The van der Waals surface area contributed by atoms with E-state index in [9.17, 15) is 15.0 Å². The van der Waals surface area contributed by atoms with Crippen molar-refractivity contribution < 1.29 is 20.1 Å². The van der Waals surface area contributed by atoms with Crippen LogP contribution in [0.3, 0.4) is 0 Å². The van der Waals surface area contributed by atoms with Crippen molar-refractivity contribution in [3.63, 3.8) is 0 Å². The van der Waals surface area contributed by atoms with Gasteiger partial charge in [0.15, 0.2) is 5.13 Å². The van der Waals surface area contributed by atoms with Crippen LogP contribution in [-0.4, -0.2) is 38.9 Å². The second kappa shape index (κ2) is 5.75. The van der Waals surface area contributed by atoms with E-state index in [-0.39, 0.29) is 5.91 Å². The number of carbonyl (C=O) groups is 1. The van der Waals surface area contributed by atoms with Crippen LogP contribution in [0, 0.1) is 5.41 Å². The number of nitrogens with one attached hydrogen (secondary N) is 1. The Balaban J connectivity index is 2.72. The minimum Gasteiger partial charge on any atom is -0.394 e. The van der Waals surface area contributed by atoms with Crippen molar-refractivity contribution in [1.82, 2.24) is 4.98 Å². The van der Waals surface area contributed by atoms with E-state index in [0.29, 0.717) is 10.0 Å². The highest BCUT2D eigenvalue weighted by Gasteiger charge is 2.24. The van der Waals surface area contributed by atoms with Gasteiger partial charge in [-0.05, 0) is 0 Å². The van der Waals surface area contributed by atoms with Gasteiger partial charge in [-0.25, -0.2) is 4.98 Å². The lowest BCUT2D eigenvalue weighted by Crippen LogP contribution is -2.27. The summed E-state index contributed by atoms with van der Waals surface area (Å²) in [6.07, 6.45) is -1.09. The predicted molar refractivity (Wildman–Crippen MR) is 68.3 cm³/mol. The van der Waals surface area contributed by atoms with Gasteiger partial charge in [0, 0.05) is 11.6 Å². The van der Waals surface area contributed by atoms with Crippen molar-refractivity contribution in [2.45, 2.75) is 33.0 Å². The van der Waals surface area contributed by atoms with Crippen molar-refractivity contribution in [2.24, 2.45) is 5.41 Å². The summed E-state index contributed by atoms with van der Waals surface area (Å²) in [4.78, 5) is 16.0. The number of thiazole rings is 1. The Morgan fingerprint density at radius 1 is 1.50 bits per heavy atom. The molecule has 1 aromatic rings. The van der Waals surface area contributed by atoms with Gasteiger partial charge in [0.25, 0.3) is 0 Å². The van der Waals surface area contributed by atoms with E-state index >= 15 is 0 Å². The number of aromatic nitrogens is 1. The van der Waals surface area contributed by atoms with Crippen molar-refractivity contribution >= 4 is 22.4 Å². The van der Waals surface area contributed by atoms with Crippen LogP contribution in [-0.2, 0) is 4.79 Å². The average Bonchev–Trinajstić information content (AvgIpc) is 2.74. The summed E-state index contributed by atoms with van der Waals surface area (Å²) in [6, 6.07) is 0. The molecule has 4 N–H and O–H groups in total. The van der Waals surface area contributed by atoms with Crippen LogP contribution in [0.1, 0.15) is 31.8 Å². The molecule has 0 fully saturated rings. The molecule has 0 radical (unpaired) electrons. The van der Waals surface area contributed by atoms with E-state index in [1.807, 2.05) is 0 Å². The van der Waals surface area contributed by atoms with Gasteiger partial charge < -0.3 is 20.6 Å². The molecule has 1 rings (SSSR count). The SMILES string of the molecule is CC(C)(C)C(=O)Nc1ncc([C@H](O)[C@H](O)CO)s1. The lowest BCUT2D eigenvalue weighted by Gasteiger charge is -2.16. The summed E-state index contributed by atoms with van der Waals surface area (Å²) in [6.45, 7) is 4.80. The highest BCUT2D eigenvalue weighted by Crippen LogP contribution is 2.27. The number of nitrogens with zero attached hydrogens (tertiary/aromatic N) is 1. The van der Waals surface area contributed by atoms with Crippen molar-refractivity contribution in [3.8, 4) is 0 Å². The molecular formula is C11H18N2O4S. The Kier molecular flexibility index (Phi) is 4.80. The van der Waals surface area contributed by atoms with Gasteiger partial charge >= 0.3 is 0 Å². The van der Waals surface area contributed by atoms with Gasteiger partial charge in [0.2, 0.25) is 5.91 Å². The molecule has 0 saturated carbocycles. The van der Waals surface area contributed by atoms with Gasteiger partial charge in [-0.15, -0.1) is 0 Å². The molecule has 0 aliphatic carbocycles. The fourth-order valence-electron chi connectivity index (χ4n) is 1.06. The number of carbonyl (C=O) groups excluding carboxylic acids is 1. The normalized spacial score (nSPS) is 15.2. The van der Waals surface area contributed by atoms with Crippen LogP contribution in [0.15, 0.2) is 6.20 Å². The third kappa shape index (κ3) is 3.74. The first kappa shape index (κ1) is 15.0. The summed E-state index contributed by atoms with van der Waals surface area (Å²) in [5.74, 6) is -0.180. The van der Waals surface area contributed by atoms with Crippen LogP contribution < -0.4 is 5.32 Å². The molecular weight excluding hydrogens is 256 g/mol. The lowest BCUT2D eigenvalue weighted by molar-refractivity contribution is -0.123. The summed E-state index contributed by atoms with van der Waals surface area (Å²) < 4.78 is 0. The fraction of sp³-hybridized carbons (Fsp3) is 0.636. The second-order valence-electron chi connectivity index (χ2n) is 4.97. The summed E-state index contributed by atoms with van der Waals surface area (Å²) in [5.41, 5.74) is -0.533. The third-order valence-electron chi connectivity index (χ3n) is 2.27. The van der Waals surface area contributed by atoms with Gasteiger partial charge in [-0.1, -0.05) is 32.1 Å². The standard InChI is InChI=1S/C11H18N2O4S/c1-11(2,3)9(17)13-10-12-4-7(18-10)8(16)6(15)5-14/h4,6,8,14-16H,5H2,1-3H3,(H,12,13,17)/t6-,8-/m1/s1. The van der Waals surface area contributed by atoms with Gasteiger partial charge in [0.1, 0.15) is 12.2 Å². The molecule has 18 heavy (non-hydrogen) atoms. The molecule has 1 aromatic heterocycles. The molecule has 102 valence electrons. The number of rotatable bonds is 4. The van der Waals surface area contributed by atoms with Crippen molar-refractivity contribution in [2.75, 3.05) is 11.9 Å². The smallest absolute Gasteiger partial charge is 0.231 e. The Hall–Kier alpha value is -1.02. The van der Waals surface area contributed by atoms with E-state index in [1.54, 1.807) is 20.8 Å². The quantitative estimate of drug-likeness (QED) is 0.641. The number of anilines is 1. The molecule has 1 amide bonds. The third-order valence-corrected chi connectivity index (χ3v) is 3.25. The molecule has 0 aromatic carbocycles. The zero-order valence-electron chi connectivity index (χ0n) is 10.5. The lowest BCUT2D eigenvalue weighted by atomic mass is 9.96. The number of hydrogen-bond donors (Lipinski definition) is 4. The van der Waals surface area contributed by atoms with Crippen LogP contribution >= 0.6 is 11.3 Å². The maximum absolute atomic E-state index is 11.7. The van der Waals surface area contributed by atoms with Crippen molar-refractivity contribution in [1.29, 1.82) is 0 Å². The van der Waals surface area contributed by atoms with Crippen LogP contribution in [0.2, 0.25) is 0 Å². The molecule has 0 unspecified atom stereocenters. The second-order valence-corrected chi connectivity index (χ2v) is 6.03. The van der Waals surface area contributed by atoms with E-state index in [1.165, 1.54) is 6.20 Å². The minimum atomic E-state index is -1.25. The Labute approximate surface area is 109 Å². The number of aliphatic hydroxyl groups excluding tert-OH is 3. The Morgan fingerprint density at radius 2 is 2.11 bits per heavy atom. The van der Waals surface area contributed by atoms with Gasteiger partial charge in [0.05, 0.1) is 11.5 Å². The van der Waals surface area contributed by atoms with E-state index in [2.05, 4.69) is 10.3 Å². The molecule has 2 atom stereocenters. The first-order valence-corrected chi connectivity index (χ1v) is 6.31. The molecule has 1 heterocycles. The van der Waals surface area contributed by atoms with Gasteiger partial charge in [-0.2, -0.15) is 0 Å². The molecule has 0 bridgehead atoms. The Bertz CT molecular complexity index is 413. The maximum atomic E-state index is 11.7. The number of amides is 1. The predicted octanol–water partition coefficient (Wildman–Crippen LogP) is 0.514. The van der Waals surface area contributed by atoms with E-state index < -0.39 is 24.2 Å². The number of hydrogen-bond acceptors (Lipinski definition) is 6. The summed E-state index contributed by atoms with van der Waals surface area (Å²) in [7, 11) is 0. The van der Waals surface area contributed by atoms with Crippen LogP contribution in [0.4, 0.5) is 5.13 Å². The monoisotopic (exact) mass is 274 g/mol. The Morgan fingerprint density at radius 3 is 2.61 bits per heavy atom. The van der Waals surface area contributed by atoms with Crippen LogP contribution in [0.5, 0.6) is 0 Å². The number of aliphatic hydroxyl groups is 3. The molecule has 7 heteroatoms. The van der Waals surface area contributed by atoms with E-state index in [4.69, 9.17) is 5.11 Å². The highest BCUT2D eigenvalue weighted by molar-refractivity contribution is 7.15. The highest BCUT2D eigenvalue weighted by atomic mass is 32.1. The van der Waals surface area contributed by atoms with Crippen molar-refractivity contribution in [3.05, 3.63) is 11.1 Å². The first-order chi connectivity index (χ1) is 8.25. The maximum Gasteiger partial charge on any atom is 0.231 e. The largest absolute Gasteiger partial charge is 0.394 e. The zero-order valence-corrected chi connectivity index (χ0v) is 11.4. The first-order valence-electron chi connectivity index (χ1n) is 5.50. The molecule has 0 aliphatic rings. The molecule has 0 spiro atoms. The summed E-state index contributed by atoms with van der Waals surface area (Å²) in [5, 5.41) is 30.6. The summed E-state index contributed by atoms with van der Waals surface area (Å²) >= 11 is 1.06. The zero-order chi connectivity index (χ0) is 13.9. The fourth-order valence-corrected chi connectivity index (χ4v) is 1.91. The average molecular weight is 274 g/mol. The van der Waals surface area contributed by atoms with E-state index in [0.717, 1.165) is 11.3 Å². The molecule has 0 saturated heterocycles. The van der Waals surface area contributed by atoms with Gasteiger partial charge in [-0.3, -0.25) is 4.79 Å². The minimum absolute atomic E-state index is 0.180. The molecule has 6 nitrogen and oxygen atoms in total. The topological polar surface area (TPSA) is 103 Å².